The average Bonchev–Trinajstić information content (AvgIpc) is 2.68. The summed E-state index contributed by atoms with van der Waals surface area (Å²) in [5.41, 5.74) is 5.10. The first-order valence-electron chi connectivity index (χ1n) is 8.79. The minimum atomic E-state index is -0.949. The Morgan fingerprint density at radius 2 is 1.86 bits per heavy atom. The van der Waals surface area contributed by atoms with Crippen LogP contribution in [0, 0.1) is 13.8 Å². The van der Waals surface area contributed by atoms with Crippen LogP contribution in [0.3, 0.4) is 0 Å². The van der Waals surface area contributed by atoms with Gasteiger partial charge in [-0.2, -0.15) is 0 Å². The molecule has 0 heterocycles. The maximum absolute atomic E-state index is 10.9. The van der Waals surface area contributed by atoms with E-state index in [1.807, 2.05) is 19.1 Å². The van der Waals surface area contributed by atoms with E-state index in [1.165, 1.54) is 5.56 Å². The van der Waals surface area contributed by atoms with Crippen molar-refractivity contribution in [2.75, 3.05) is 0 Å². The minimum absolute atomic E-state index is 0.247. The largest absolute Gasteiger partial charge is 0.488 e. The van der Waals surface area contributed by atoms with Gasteiger partial charge in [-0.3, -0.25) is 4.99 Å². The van der Waals surface area contributed by atoms with Gasteiger partial charge >= 0.3 is 5.97 Å². The van der Waals surface area contributed by atoms with E-state index in [2.05, 4.69) is 18.0 Å². The van der Waals surface area contributed by atoms with Crippen molar-refractivity contribution in [2.45, 2.75) is 20.5 Å². The number of hydrogen-bond acceptors (Lipinski definition) is 3. The van der Waals surface area contributed by atoms with E-state index >= 15 is 0 Å². The standard InChI is InChI=1S/C23H20ClNO3/c1-15-4-3-5-21(16(15)2)25-13-19-12-20(24)10-11-22(19)28-14-17-6-8-18(9-7-17)23(26)27/h3-13H,14H2,1-2H3,(H,26,27). The van der Waals surface area contributed by atoms with E-state index in [0.29, 0.717) is 17.4 Å². The van der Waals surface area contributed by atoms with Crippen LogP contribution < -0.4 is 4.74 Å². The summed E-state index contributed by atoms with van der Waals surface area (Å²) in [5.74, 6) is -0.295. The number of aryl methyl sites for hydroxylation is 1. The third-order valence-electron chi connectivity index (χ3n) is 4.49. The van der Waals surface area contributed by atoms with Crippen molar-refractivity contribution < 1.29 is 14.6 Å². The maximum atomic E-state index is 10.9. The fourth-order valence-corrected chi connectivity index (χ4v) is 2.85. The zero-order valence-corrected chi connectivity index (χ0v) is 16.4. The monoisotopic (exact) mass is 393 g/mol. The number of halogens is 1. The molecule has 0 aromatic heterocycles. The average molecular weight is 394 g/mol. The lowest BCUT2D eigenvalue weighted by Crippen LogP contribution is -2.00. The molecule has 0 unspecified atom stereocenters. The first-order chi connectivity index (χ1) is 13.4. The molecule has 0 aliphatic heterocycles. The summed E-state index contributed by atoms with van der Waals surface area (Å²) >= 11 is 6.15. The molecule has 0 aliphatic rings. The molecule has 142 valence electrons. The number of carboxylic acid groups (broad SMARTS) is 1. The smallest absolute Gasteiger partial charge is 0.335 e. The Labute approximate surface area is 169 Å². The summed E-state index contributed by atoms with van der Waals surface area (Å²) in [7, 11) is 0. The Morgan fingerprint density at radius 1 is 1.11 bits per heavy atom. The van der Waals surface area contributed by atoms with Gasteiger partial charge in [0, 0.05) is 16.8 Å². The van der Waals surface area contributed by atoms with Crippen LogP contribution in [0.1, 0.15) is 32.6 Å². The van der Waals surface area contributed by atoms with Crippen LogP contribution in [0.25, 0.3) is 0 Å². The Balaban J connectivity index is 1.79. The minimum Gasteiger partial charge on any atom is -0.488 e. The first-order valence-corrected chi connectivity index (χ1v) is 9.16. The predicted molar refractivity (Wildman–Crippen MR) is 112 cm³/mol. The molecule has 0 amide bonds. The van der Waals surface area contributed by atoms with Gasteiger partial charge in [-0.25, -0.2) is 4.79 Å². The van der Waals surface area contributed by atoms with Gasteiger partial charge in [-0.15, -0.1) is 0 Å². The van der Waals surface area contributed by atoms with Crippen LogP contribution in [0.4, 0.5) is 5.69 Å². The zero-order valence-electron chi connectivity index (χ0n) is 15.6. The number of carbonyl (C=O) groups is 1. The van der Waals surface area contributed by atoms with Crippen molar-refractivity contribution >= 4 is 29.5 Å². The van der Waals surface area contributed by atoms with Crippen LogP contribution >= 0.6 is 11.6 Å². The van der Waals surface area contributed by atoms with Crippen LogP contribution in [0.15, 0.2) is 65.7 Å². The molecule has 4 nitrogen and oxygen atoms in total. The molecule has 1 N–H and O–H groups in total. The van der Waals surface area contributed by atoms with Crippen molar-refractivity contribution in [3.8, 4) is 5.75 Å². The van der Waals surface area contributed by atoms with Crippen molar-refractivity contribution in [3.63, 3.8) is 0 Å². The second-order valence-corrected chi connectivity index (χ2v) is 6.89. The van der Waals surface area contributed by atoms with Gasteiger partial charge in [0.05, 0.1) is 11.3 Å². The Hall–Kier alpha value is -3.11. The maximum Gasteiger partial charge on any atom is 0.335 e. The van der Waals surface area contributed by atoms with Crippen molar-refractivity contribution in [1.82, 2.24) is 0 Å². The van der Waals surface area contributed by atoms with Crippen LogP contribution in [0.5, 0.6) is 5.75 Å². The van der Waals surface area contributed by atoms with E-state index in [-0.39, 0.29) is 5.56 Å². The molecular weight excluding hydrogens is 374 g/mol. The molecule has 3 aromatic rings. The quantitative estimate of drug-likeness (QED) is 0.523. The number of hydrogen-bond donors (Lipinski definition) is 1. The summed E-state index contributed by atoms with van der Waals surface area (Å²) in [4.78, 5) is 15.5. The summed E-state index contributed by atoms with van der Waals surface area (Å²) < 4.78 is 5.92. The fourth-order valence-electron chi connectivity index (χ4n) is 2.67. The summed E-state index contributed by atoms with van der Waals surface area (Å²) in [6.45, 7) is 4.40. The van der Waals surface area contributed by atoms with Crippen molar-refractivity contribution in [3.05, 3.63) is 93.5 Å². The van der Waals surface area contributed by atoms with Gasteiger partial charge in [0.15, 0.2) is 0 Å². The molecule has 5 heteroatoms. The molecule has 3 aromatic carbocycles. The molecule has 0 fully saturated rings. The van der Waals surface area contributed by atoms with E-state index in [0.717, 1.165) is 22.4 Å². The zero-order chi connectivity index (χ0) is 20.1. The number of aliphatic imine (C=N–C) groups is 1. The number of benzene rings is 3. The van der Waals surface area contributed by atoms with Gasteiger partial charge in [0.1, 0.15) is 12.4 Å². The molecule has 0 saturated heterocycles. The second kappa shape index (κ2) is 8.72. The topological polar surface area (TPSA) is 58.9 Å². The number of ether oxygens (including phenoxy) is 1. The predicted octanol–water partition coefficient (Wildman–Crippen LogP) is 5.98. The van der Waals surface area contributed by atoms with Gasteiger partial charge in [0.2, 0.25) is 0 Å². The van der Waals surface area contributed by atoms with Crippen molar-refractivity contribution in [2.24, 2.45) is 4.99 Å². The summed E-state index contributed by atoms with van der Waals surface area (Å²) in [6, 6.07) is 18.0. The fraction of sp³-hybridized carbons (Fsp3) is 0.130. The van der Waals surface area contributed by atoms with Gasteiger partial charge in [0.25, 0.3) is 0 Å². The summed E-state index contributed by atoms with van der Waals surface area (Å²) in [5, 5.41) is 9.58. The van der Waals surface area contributed by atoms with E-state index in [1.54, 1.807) is 48.7 Å². The molecule has 0 atom stereocenters. The number of carboxylic acids is 1. The lowest BCUT2D eigenvalue weighted by Gasteiger charge is -2.10. The molecule has 0 saturated carbocycles. The SMILES string of the molecule is Cc1cccc(N=Cc2cc(Cl)ccc2OCc2ccc(C(=O)O)cc2)c1C. The Morgan fingerprint density at radius 3 is 2.57 bits per heavy atom. The Bertz CT molecular complexity index is 1030. The highest BCUT2D eigenvalue weighted by molar-refractivity contribution is 6.30. The van der Waals surface area contributed by atoms with E-state index in [4.69, 9.17) is 21.4 Å². The second-order valence-electron chi connectivity index (χ2n) is 6.45. The van der Waals surface area contributed by atoms with Crippen LogP contribution in [-0.2, 0) is 6.61 Å². The molecule has 0 aliphatic carbocycles. The highest BCUT2D eigenvalue weighted by atomic mass is 35.5. The van der Waals surface area contributed by atoms with E-state index < -0.39 is 5.97 Å². The van der Waals surface area contributed by atoms with E-state index in [9.17, 15) is 4.79 Å². The van der Waals surface area contributed by atoms with Gasteiger partial charge in [-0.1, -0.05) is 35.9 Å². The third-order valence-corrected chi connectivity index (χ3v) is 4.72. The highest BCUT2D eigenvalue weighted by Gasteiger charge is 2.06. The molecule has 0 spiro atoms. The molecule has 3 rings (SSSR count). The van der Waals surface area contributed by atoms with Crippen molar-refractivity contribution in [1.29, 1.82) is 0 Å². The van der Waals surface area contributed by atoms with Gasteiger partial charge < -0.3 is 9.84 Å². The Kier molecular flexibility index (Phi) is 6.12. The van der Waals surface area contributed by atoms with Gasteiger partial charge in [-0.05, 0) is 66.9 Å². The number of rotatable bonds is 6. The highest BCUT2D eigenvalue weighted by Crippen LogP contribution is 2.25. The number of nitrogens with zero attached hydrogens (tertiary/aromatic N) is 1. The van der Waals surface area contributed by atoms with Crippen LogP contribution in [-0.4, -0.2) is 17.3 Å². The normalized spacial score (nSPS) is 11.0. The lowest BCUT2D eigenvalue weighted by atomic mass is 10.1. The first kappa shape index (κ1) is 19.6. The molecule has 0 bridgehead atoms. The molecule has 28 heavy (non-hydrogen) atoms. The molecular formula is C23H20ClNO3. The summed E-state index contributed by atoms with van der Waals surface area (Å²) in [6.07, 6.45) is 1.75. The third kappa shape index (κ3) is 4.78. The lowest BCUT2D eigenvalue weighted by molar-refractivity contribution is 0.0697. The number of aromatic carboxylic acids is 1. The van der Waals surface area contributed by atoms with Crippen LogP contribution in [0.2, 0.25) is 5.02 Å². The molecule has 0 radical (unpaired) electrons.